The lowest BCUT2D eigenvalue weighted by Gasteiger charge is -2.17. The van der Waals surface area contributed by atoms with E-state index in [0.717, 1.165) is 5.56 Å². The number of rotatable bonds is 10. The van der Waals surface area contributed by atoms with E-state index in [2.05, 4.69) is 9.97 Å². The van der Waals surface area contributed by atoms with Gasteiger partial charge in [0, 0.05) is 6.07 Å². The van der Waals surface area contributed by atoms with Crippen molar-refractivity contribution in [1.29, 1.82) is 0 Å². The second-order valence-electron chi connectivity index (χ2n) is 6.25. The molecule has 1 aromatic heterocycles. The van der Waals surface area contributed by atoms with Crippen LogP contribution in [0.3, 0.4) is 0 Å². The molecule has 0 saturated carbocycles. The molecule has 0 fully saturated rings. The van der Waals surface area contributed by atoms with Crippen LogP contribution in [0.1, 0.15) is 19.4 Å². The molecule has 9 heteroatoms. The smallest absolute Gasteiger partial charge is 0.335 e. The summed E-state index contributed by atoms with van der Waals surface area (Å²) < 4.78 is 40.1. The van der Waals surface area contributed by atoms with Crippen molar-refractivity contribution in [2.75, 3.05) is 27.4 Å². The molecule has 1 heterocycles. The molecule has 0 aliphatic rings. The van der Waals surface area contributed by atoms with Gasteiger partial charge in [-0.25, -0.2) is 9.97 Å². The van der Waals surface area contributed by atoms with E-state index in [1.807, 2.05) is 12.1 Å². The van der Waals surface area contributed by atoms with E-state index in [4.69, 9.17) is 23.3 Å². The van der Waals surface area contributed by atoms with Crippen molar-refractivity contribution in [1.82, 2.24) is 9.97 Å². The second kappa shape index (κ2) is 9.89. The second-order valence-corrected chi connectivity index (χ2v) is 8.31. The molecule has 0 bridgehead atoms. The number of aromatic nitrogens is 2. The molecule has 0 N–H and O–H groups in total. The fourth-order valence-electron chi connectivity index (χ4n) is 2.96. The highest BCUT2D eigenvalue weighted by atomic mass is 31.2. The molecule has 0 saturated heterocycles. The summed E-state index contributed by atoms with van der Waals surface area (Å²) in [6, 6.07) is 10.8. The molecule has 0 spiro atoms. The van der Waals surface area contributed by atoms with Crippen LogP contribution in [-0.4, -0.2) is 37.4 Å². The average Bonchev–Trinajstić information content (AvgIpc) is 2.74. The van der Waals surface area contributed by atoms with E-state index in [-0.39, 0.29) is 6.16 Å². The summed E-state index contributed by atoms with van der Waals surface area (Å²) in [6.07, 6.45) is 1.63. The molecule has 160 valence electrons. The number of fused-ring (bicyclic) bond motifs is 1. The van der Waals surface area contributed by atoms with Gasteiger partial charge in [0.1, 0.15) is 12.1 Å². The third-order valence-electron chi connectivity index (χ3n) is 4.27. The molecule has 8 nitrogen and oxygen atoms in total. The number of benzene rings is 2. The Bertz CT molecular complexity index is 1030. The lowest BCUT2D eigenvalue weighted by Crippen LogP contribution is -1.99. The molecule has 0 amide bonds. The summed E-state index contributed by atoms with van der Waals surface area (Å²) in [5, 5.41) is 0.691. The zero-order chi connectivity index (χ0) is 21.6. The predicted octanol–water partition coefficient (Wildman–Crippen LogP) is 5.21. The lowest BCUT2D eigenvalue weighted by molar-refractivity contribution is 0.219. The summed E-state index contributed by atoms with van der Waals surface area (Å²) in [7, 11) is -0.0249. The van der Waals surface area contributed by atoms with Crippen molar-refractivity contribution >= 4 is 18.5 Å². The van der Waals surface area contributed by atoms with Crippen LogP contribution in [0, 0.1) is 0 Å². The van der Waals surface area contributed by atoms with Gasteiger partial charge in [-0.2, -0.15) is 0 Å². The molecular weight excluding hydrogens is 407 g/mol. The van der Waals surface area contributed by atoms with E-state index in [9.17, 15) is 4.57 Å². The van der Waals surface area contributed by atoms with E-state index in [1.165, 1.54) is 6.33 Å². The minimum Gasteiger partial charge on any atom is -0.493 e. The quantitative estimate of drug-likeness (QED) is 0.404. The van der Waals surface area contributed by atoms with Gasteiger partial charge in [-0.1, -0.05) is 12.1 Å². The van der Waals surface area contributed by atoms with Crippen molar-refractivity contribution < 1.29 is 27.8 Å². The first-order valence-electron chi connectivity index (χ1n) is 9.53. The zero-order valence-corrected chi connectivity index (χ0v) is 18.3. The number of ether oxygens (including phenoxy) is 3. The number of hydrogen-bond donors (Lipinski definition) is 0. The van der Waals surface area contributed by atoms with Crippen molar-refractivity contribution in [2.24, 2.45) is 0 Å². The Morgan fingerprint density at radius 1 is 0.900 bits per heavy atom. The SMILES string of the molecule is CCOP(=O)(Cc1ccc(Oc2ncnc3cc(OC)c(OC)cc23)cc1)OCC. The first kappa shape index (κ1) is 22.0. The molecule has 0 aliphatic heterocycles. The summed E-state index contributed by atoms with van der Waals surface area (Å²) in [4.78, 5) is 8.52. The highest BCUT2D eigenvalue weighted by Crippen LogP contribution is 2.51. The van der Waals surface area contributed by atoms with Crippen LogP contribution in [0.2, 0.25) is 0 Å². The van der Waals surface area contributed by atoms with E-state index < -0.39 is 7.60 Å². The van der Waals surface area contributed by atoms with E-state index in [0.29, 0.717) is 47.2 Å². The number of hydrogen-bond acceptors (Lipinski definition) is 8. The fraction of sp³-hybridized carbons (Fsp3) is 0.333. The van der Waals surface area contributed by atoms with Crippen molar-refractivity contribution in [3.8, 4) is 23.1 Å². The standard InChI is InChI=1S/C21H25N2O6P/c1-5-27-30(24,28-6-2)13-15-7-9-16(10-8-15)29-21-17-11-19(25-3)20(26-4)12-18(17)22-14-23-21/h7-12,14H,5-6,13H2,1-4H3. The third kappa shape index (κ3) is 5.08. The average molecular weight is 432 g/mol. The Hall–Kier alpha value is -2.67. The highest BCUT2D eigenvalue weighted by Gasteiger charge is 2.24. The minimum absolute atomic E-state index is 0.197. The lowest BCUT2D eigenvalue weighted by atomic mass is 10.2. The Balaban J connectivity index is 1.83. The highest BCUT2D eigenvalue weighted by molar-refractivity contribution is 7.53. The normalized spacial score (nSPS) is 11.5. The van der Waals surface area contributed by atoms with Crippen LogP contribution in [0.25, 0.3) is 10.9 Å². The van der Waals surface area contributed by atoms with Crippen LogP contribution < -0.4 is 14.2 Å². The number of methoxy groups -OCH3 is 2. The zero-order valence-electron chi connectivity index (χ0n) is 17.5. The molecule has 0 aliphatic carbocycles. The van der Waals surface area contributed by atoms with Crippen LogP contribution in [0.4, 0.5) is 0 Å². The molecule has 3 aromatic rings. The summed E-state index contributed by atoms with van der Waals surface area (Å²) in [6.45, 7) is 4.24. The summed E-state index contributed by atoms with van der Waals surface area (Å²) in [5.41, 5.74) is 1.50. The van der Waals surface area contributed by atoms with Gasteiger partial charge in [0.15, 0.2) is 11.5 Å². The summed E-state index contributed by atoms with van der Waals surface area (Å²) in [5.74, 6) is 2.11. The van der Waals surface area contributed by atoms with Gasteiger partial charge in [0.25, 0.3) is 0 Å². The molecule has 3 rings (SSSR count). The number of nitrogens with zero attached hydrogens (tertiary/aromatic N) is 2. The van der Waals surface area contributed by atoms with Crippen molar-refractivity contribution in [2.45, 2.75) is 20.0 Å². The first-order chi connectivity index (χ1) is 14.5. The Kier molecular flexibility index (Phi) is 7.26. The van der Waals surface area contributed by atoms with Crippen LogP contribution in [-0.2, 0) is 19.8 Å². The third-order valence-corrected chi connectivity index (χ3v) is 6.33. The molecule has 30 heavy (non-hydrogen) atoms. The Morgan fingerprint density at radius 2 is 1.53 bits per heavy atom. The summed E-state index contributed by atoms with van der Waals surface area (Å²) >= 11 is 0. The molecular formula is C21H25N2O6P. The van der Waals surface area contributed by atoms with Gasteiger partial charge in [-0.3, -0.25) is 4.57 Å². The fourth-order valence-corrected chi connectivity index (χ4v) is 4.66. The van der Waals surface area contributed by atoms with Crippen LogP contribution >= 0.6 is 7.60 Å². The largest absolute Gasteiger partial charge is 0.493 e. The first-order valence-corrected chi connectivity index (χ1v) is 11.3. The maximum Gasteiger partial charge on any atom is 0.335 e. The topological polar surface area (TPSA) is 89.0 Å². The Labute approximate surface area is 175 Å². The monoisotopic (exact) mass is 432 g/mol. The maximum absolute atomic E-state index is 12.7. The molecule has 0 unspecified atom stereocenters. The van der Waals surface area contributed by atoms with Gasteiger partial charge >= 0.3 is 7.60 Å². The van der Waals surface area contributed by atoms with Gasteiger partial charge < -0.3 is 23.3 Å². The van der Waals surface area contributed by atoms with Crippen LogP contribution in [0.5, 0.6) is 23.1 Å². The molecule has 2 aromatic carbocycles. The van der Waals surface area contributed by atoms with Gasteiger partial charge in [0.2, 0.25) is 5.88 Å². The molecule has 0 radical (unpaired) electrons. The van der Waals surface area contributed by atoms with E-state index >= 15 is 0 Å². The van der Waals surface area contributed by atoms with Crippen molar-refractivity contribution in [3.63, 3.8) is 0 Å². The van der Waals surface area contributed by atoms with Gasteiger partial charge in [0.05, 0.1) is 44.5 Å². The van der Waals surface area contributed by atoms with Gasteiger partial charge in [-0.15, -0.1) is 0 Å². The van der Waals surface area contributed by atoms with Crippen molar-refractivity contribution in [3.05, 3.63) is 48.3 Å². The van der Waals surface area contributed by atoms with Crippen LogP contribution in [0.15, 0.2) is 42.7 Å². The van der Waals surface area contributed by atoms with E-state index in [1.54, 1.807) is 52.3 Å². The van der Waals surface area contributed by atoms with Gasteiger partial charge in [-0.05, 0) is 37.6 Å². The Morgan fingerprint density at radius 3 is 2.13 bits per heavy atom. The molecule has 0 atom stereocenters. The minimum atomic E-state index is -3.16. The maximum atomic E-state index is 12.7. The predicted molar refractivity (Wildman–Crippen MR) is 114 cm³/mol.